The highest BCUT2D eigenvalue weighted by atomic mass is 35.5. The van der Waals surface area contributed by atoms with Gasteiger partial charge in [-0.05, 0) is 25.8 Å². The molecule has 0 atom stereocenters. The monoisotopic (exact) mass is 222 g/mol. The van der Waals surface area contributed by atoms with Crippen molar-refractivity contribution >= 4 is 30.2 Å². The Kier molecular flexibility index (Phi) is 4.50. The number of aliphatic imine (C=N–C) groups is 2. The number of aromatic nitrogens is 1. The molecule has 1 N–H and O–H groups in total. The molecular formula is C10H11ClN4. The van der Waals surface area contributed by atoms with E-state index in [0.29, 0.717) is 0 Å². The first-order valence-electron chi connectivity index (χ1n) is 4.30. The van der Waals surface area contributed by atoms with Crippen LogP contribution in [-0.2, 0) is 0 Å². The van der Waals surface area contributed by atoms with E-state index in [2.05, 4.69) is 26.5 Å². The largest absolute Gasteiger partial charge is 0.266 e. The van der Waals surface area contributed by atoms with E-state index in [0.717, 1.165) is 11.3 Å². The molecule has 0 aliphatic heterocycles. The third-order valence-corrected chi connectivity index (χ3v) is 1.86. The van der Waals surface area contributed by atoms with Crippen molar-refractivity contribution in [3.8, 4) is 0 Å². The molecule has 0 spiro atoms. The molecule has 1 heterocycles. The van der Waals surface area contributed by atoms with E-state index in [4.69, 9.17) is 11.8 Å². The lowest BCUT2D eigenvalue weighted by molar-refractivity contribution is 1.28. The summed E-state index contributed by atoms with van der Waals surface area (Å²) in [6.45, 7) is 5.22. The SMILES string of the molecule is C=N/C(=N\C(=C/C)c1cccnc1)NCl. The number of hydrogen-bond acceptors (Lipinski definition) is 2. The summed E-state index contributed by atoms with van der Waals surface area (Å²) in [5, 5.41) is 0. The molecule has 15 heavy (non-hydrogen) atoms. The van der Waals surface area contributed by atoms with Gasteiger partial charge in [0.05, 0.1) is 5.70 Å². The topological polar surface area (TPSA) is 49.6 Å². The highest BCUT2D eigenvalue weighted by molar-refractivity contribution is 6.22. The highest BCUT2D eigenvalue weighted by Gasteiger charge is 2.00. The molecule has 0 bridgehead atoms. The molecule has 78 valence electrons. The molecule has 4 nitrogen and oxygen atoms in total. The van der Waals surface area contributed by atoms with Gasteiger partial charge in [0, 0.05) is 29.7 Å². The Bertz CT molecular complexity index is 384. The Balaban J connectivity index is 3.02. The average molecular weight is 223 g/mol. The molecule has 0 aliphatic carbocycles. The smallest absolute Gasteiger partial charge is 0.237 e. The zero-order valence-corrected chi connectivity index (χ0v) is 9.07. The second-order valence-electron chi connectivity index (χ2n) is 2.60. The molecule has 0 fully saturated rings. The predicted octanol–water partition coefficient (Wildman–Crippen LogP) is 2.24. The minimum atomic E-state index is 0.258. The minimum Gasteiger partial charge on any atom is -0.266 e. The number of halogens is 1. The van der Waals surface area contributed by atoms with E-state index < -0.39 is 0 Å². The maximum absolute atomic E-state index is 5.40. The summed E-state index contributed by atoms with van der Waals surface area (Å²) in [6, 6.07) is 3.74. The van der Waals surface area contributed by atoms with E-state index in [1.165, 1.54) is 0 Å². The van der Waals surface area contributed by atoms with Crippen LogP contribution in [0.2, 0.25) is 0 Å². The molecule has 1 aromatic heterocycles. The Hall–Kier alpha value is -1.68. The molecule has 1 aromatic rings. The van der Waals surface area contributed by atoms with Gasteiger partial charge in [0.15, 0.2) is 0 Å². The highest BCUT2D eigenvalue weighted by Crippen LogP contribution is 2.14. The molecule has 0 aliphatic rings. The molecule has 5 heteroatoms. The number of nitrogens with zero attached hydrogens (tertiary/aromatic N) is 3. The van der Waals surface area contributed by atoms with Crippen molar-refractivity contribution in [1.82, 2.24) is 9.82 Å². The van der Waals surface area contributed by atoms with Gasteiger partial charge in [-0.15, -0.1) is 0 Å². The van der Waals surface area contributed by atoms with Gasteiger partial charge in [-0.3, -0.25) is 9.82 Å². The fourth-order valence-corrected chi connectivity index (χ4v) is 1.11. The fourth-order valence-electron chi connectivity index (χ4n) is 1.01. The first-order valence-corrected chi connectivity index (χ1v) is 4.68. The summed E-state index contributed by atoms with van der Waals surface area (Å²) in [6.07, 6.45) is 5.26. The summed E-state index contributed by atoms with van der Waals surface area (Å²) in [5.41, 5.74) is 1.63. The van der Waals surface area contributed by atoms with Crippen LogP contribution in [0, 0.1) is 0 Å². The summed E-state index contributed by atoms with van der Waals surface area (Å²) in [4.78, 5) is 14.1. The van der Waals surface area contributed by atoms with Gasteiger partial charge in [0.2, 0.25) is 5.96 Å². The van der Waals surface area contributed by atoms with E-state index in [1.54, 1.807) is 12.4 Å². The van der Waals surface area contributed by atoms with Crippen LogP contribution in [0.15, 0.2) is 40.6 Å². The van der Waals surface area contributed by atoms with Crippen LogP contribution >= 0.6 is 11.8 Å². The summed E-state index contributed by atoms with van der Waals surface area (Å²) in [7, 11) is 0. The van der Waals surface area contributed by atoms with Gasteiger partial charge >= 0.3 is 0 Å². The van der Waals surface area contributed by atoms with E-state index in [1.807, 2.05) is 25.1 Å². The van der Waals surface area contributed by atoms with Crippen molar-refractivity contribution < 1.29 is 0 Å². The zero-order chi connectivity index (χ0) is 11.1. The van der Waals surface area contributed by atoms with E-state index in [9.17, 15) is 0 Å². The summed E-state index contributed by atoms with van der Waals surface area (Å²) < 4.78 is 0. The predicted molar refractivity (Wildman–Crippen MR) is 63.9 cm³/mol. The second kappa shape index (κ2) is 5.93. The Morgan fingerprint density at radius 2 is 2.47 bits per heavy atom. The molecule has 0 saturated carbocycles. The average Bonchev–Trinajstić information content (AvgIpc) is 2.32. The lowest BCUT2D eigenvalue weighted by atomic mass is 10.2. The van der Waals surface area contributed by atoms with Gasteiger partial charge in [0.1, 0.15) is 0 Å². The molecule has 1 rings (SSSR count). The van der Waals surface area contributed by atoms with E-state index in [-0.39, 0.29) is 5.96 Å². The summed E-state index contributed by atoms with van der Waals surface area (Å²) >= 11 is 5.40. The number of allylic oxidation sites excluding steroid dienone is 1. The standard InChI is InChI=1S/C10H11ClN4/c1-3-9(14-10(12-2)15-11)8-5-4-6-13-7-8/h3-7H,2H2,1H3,(H,14,15)/b9-3-. The molecular weight excluding hydrogens is 212 g/mol. The molecule has 0 saturated heterocycles. The van der Waals surface area contributed by atoms with Crippen LogP contribution in [-0.4, -0.2) is 17.7 Å². The lowest BCUT2D eigenvalue weighted by Crippen LogP contribution is -2.09. The first kappa shape index (κ1) is 11.4. The Morgan fingerprint density at radius 1 is 1.67 bits per heavy atom. The Labute approximate surface area is 93.5 Å². The molecule has 0 amide bonds. The number of rotatable bonds is 2. The zero-order valence-electron chi connectivity index (χ0n) is 8.31. The quantitative estimate of drug-likeness (QED) is 0.474. The number of nitrogens with one attached hydrogen (secondary N) is 1. The minimum absolute atomic E-state index is 0.258. The van der Waals surface area contributed by atoms with E-state index >= 15 is 0 Å². The van der Waals surface area contributed by atoms with Crippen molar-refractivity contribution in [3.05, 3.63) is 36.2 Å². The van der Waals surface area contributed by atoms with Gasteiger partial charge in [0.25, 0.3) is 0 Å². The van der Waals surface area contributed by atoms with Crippen molar-refractivity contribution in [3.63, 3.8) is 0 Å². The maximum atomic E-state index is 5.40. The van der Waals surface area contributed by atoms with Gasteiger partial charge < -0.3 is 0 Å². The van der Waals surface area contributed by atoms with Crippen LogP contribution < -0.4 is 4.84 Å². The van der Waals surface area contributed by atoms with Crippen molar-refractivity contribution in [1.29, 1.82) is 0 Å². The van der Waals surface area contributed by atoms with Crippen LogP contribution in [0.25, 0.3) is 5.70 Å². The number of guanidine groups is 1. The van der Waals surface area contributed by atoms with Crippen LogP contribution in [0.5, 0.6) is 0 Å². The third-order valence-electron chi connectivity index (χ3n) is 1.69. The third kappa shape index (κ3) is 3.18. The fraction of sp³-hybridized carbons (Fsp3) is 0.100. The number of pyridine rings is 1. The van der Waals surface area contributed by atoms with Gasteiger partial charge in [-0.1, -0.05) is 6.08 Å². The molecule has 0 radical (unpaired) electrons. The summed E-state index contributed by atoms with van der Waals surface area (Å²) in [5.74, 6) is 0.258. The molecule has 0 unspecified atom stereocenters. The number of hydrogen-bond donors (Lipinski definition) is 1. The van der Waals surface area contributed by atoms with Gasteiger partial charge in [-0.25, -0.2) is 9.98 Å². The van der Waals surface area contributed by atoms with Gasteiger partial charge in [-0.2, -0.15) is 0 Å². The van der Waals surface area contributed by atoms with Crippen molar-refractivity contribution in [2.75, 3.05) is 0 Å². The maximum Gasteiger partial charge on any atom is 0.237 e. The van der Waals surface area contributed by atoms with Crippen LogP contribution in [0.1, 0.15) is 12.5 Å². The Morgan fingerprint density at radius 3 is 2.93 bits per heavy atom. The van der Waals surface area contributed by atoms with Crippen LogP contribution in [0.4, 0.5) is 0 Å². The van der Waals surface area contributed by atoms with Crippen LogP contribution in [0.3, 0.4) is 0 Å². The normalized spacial score (nSPS) is 12.4. The van der Waals surface area contributed by atoms with Crippen molar-refractivity contribution in [2.45, 2.75) is 6.92 Å². The molecule has 0 aromatic carbocycles. The first-order chi connectivity index (χ1) is 7.31. The second-order valence-corrected chi connectivity index (χ2v) is 2.79. The lowest BCUT2D eigenvalue weighted by Gasteiger charge is -2.01. The van der Waals surface area contributed by atoms with Crippen molar-refractivity contribution in [2.24, 2.45) is 9.98 Å².